The number of rotatable bonds is 4. The monoisotopic (exact) mass is 237 g/mol. The number of hydrogen-bond acceptors (Lipinski definition) is 2. The molecule has 0 aromatic carbocycles. The third-order valence-corrected chi connectivity index (χ3v) is 4.64. The van der Waals surface area contributed by atoms with Gasteiger partial charge in [-0.15, -0.1) is 0 Å². The van der Waals surface area contributed by atoms with Crippen LogP contribution in [0, 0.1) is 5.92 Å². The second-order valence-electron chi connectivity index (χ2n) is 5.83. The molecule has 2 rings (SSSR count). The first-order valence-electron chi connectivity index (χ1n) is 7.58. The molecule has 0 bridgehead atoms. The lowest BCUT2D eigenvalue weighted by molar-refractivity contribution is -0.124. The van der Waals surface area contributed by atoms with Crippen LogP contribution in [0.4, 0.5) is 0 Å². The van der Waals surface area contributed by atoms with E-state index in [2.05, 4.69) is 11.8 Å². The molecule has 0 aromatic rings. The quantitative estimate of drug-likeness (QED) is 0.747. The van der Waals surface area contributed by atoms with Crippen LogP contribution in [0.3, 0.4) is 0 Å². The van der Waals surface area contributed by atoms with Gasteiger partial charge in [0.25, 0.3) is 0 Å². The molecule has 0 spiro atoms. The highest BCUT2D eigenvalue weighted by Crippen LogP contribution is 2.27. The molecule has 1 heterocycles. The molecule has 1 aliphatic carbocycles. The van der Waals surface area contributed by atoms with E-state index in [0.29, 0.717) is 17.7 Å². The van der Waals surface area contributed by atoms with Crippen LogP contribution in [0.25, 0.3) is 0 Å². The Hall–Kier alpha value is -0.370. The first-order valence-corrected chi connectivity index (χ1v) is 7.58. The van der Waals surface area contributed by atoms with Crippen molar-refractivity contribution in [1.82, 2.24) is 4.90 Å². The molecule has 1 atom stereocenters. The van der Waals surface area contributed by atoms with Crippen LogP contribution in [0.2, 0.25) is 0 Å². The summed E-state index contributed by atoms with van der Waals surface area (Å²) in [6, 6.07) is 0.669. The van der Waals surface area contributed by atoms with E-state index in [4.69, 9.17) is 0 Å². The third-order valence-electron chi connectivity index (χ3n) is 4.64. The van der Waals surface area contributed by atoms with Crippen molar-refractivity contribution < 1.29 is 4.79 Å². The lowest BCUT2D eigenvalue weighted by Crippen LogP contribution is -2.39. The van der Waals surface area contributed by atoms with Gasteiger partial charge in [-0.05, 0) is 38.6 Å². The number of ketones is 1. The van der Waals surface area contributed by atoms with Gasteiger partial charge in [0.2, 0.25) is 0 Å². The first kappa shape index (κ1) is 13.1. The molecule has 17 heavy (non-hydrogen) atoms. The summed E-state index contributed by atoms with van der Waals surface area (Å²) in [4.78, 5) is 14.7. The number of nitrogens with zero attached hydrogens (tertiary/aromatic N) is 1. The molecule has 2 nitrogen and oxygen atoms in total. The lowest BCUT2D eigenvalue weighted by Gasteiger charge is -2.29. The molecule has 2 aliphatic rings. The van der Waals surface area contributed by atoms with Crippen LogP contribution in [0.5, 0.6) is 0 Å². The third kappa shape index (κ3) is 3.54. The highest BCUT2D eigenvalue weighted by molar-refractivity contribution is 5.83. The van der Waals surface area contributed by atoms with Crippen molar-refractivity contribution in [2.24, 2.45) is 5.92 Å². The summed E-state index contributed by atoms with van der Waals surface area (Å²) in [6.07, 6.45) is 11.4. The number of likely N-dealkylation sites (tertiary alicyclic amines) is 1. The molecular weight excluding hydrogens is 210 g/mol. The molecule has 1 unspecified atom stereocenters. The number of carbonyl (C=O) groups excluding carboxylic acids is 1. The van der Waals surface area contributed by atoms with Gasteiger partial charge in [0.15, 0.2) is 0 Å². The predicted octanol–water partition coefficient (Wildman–Crippen LogP) is 3.40. The van der Waals surface area contributed by atoms with E-state index in [1.165, 1.54) is 44.9 Å². The van der Waals surface area contributed by atoms with Gasteiger partial charge in [0.1, 0.15) is 5.78 Å². The van der Waals surface area contributed by atoms with E-state index < -0.39 is 0 Å². The van der Waals surface area contributed by atoms with Gasteiger partial charge < -0.3 is 0 Å². The average Bonchev–Trinajstić information content (AvgIpc) is 2.78. The maximum atomic E-state index is 12.2. The zero-order valence-corrected chi connectivity index (χ0v) is 11.3. The summed E-state index contributed by atoms with van der Waals surface area (Å²) >= 11 is 0. The summed E-state index contributed by atoms with van der Waals surface area (Å²) in [5, 5.41) is 0. The minimum Gasteiger partial charge on any atom is -0.298 e. The van der Waals surface area contributed by atoms with Crippen LogP contribution in [0.15, 0.2) is 0 Å². The number of Topliss-reactive ketones (excluding diaryl/α,β-unsaturated/α-hetero) is 1. The molecule has 0 amide bonds. The molecule has 1 saturated heterocycles. The topological polar surface area (TPSA) is 20.3 Å². The van der Waals surface area contributed by atoms with Crippen molar-refractivity contribution in [1.29, 1.82) is 0 Å². The standard InChI is InChI=1S/C15H27NO/c1-2-14-10-4-3-7-11-16(14)12-15(17)13-8-5-6-9-13/h13-14H,2-12H2,1H3. The fraction of sp³-hybridized carbons (Fsp3) is 0.933. The zero-order chi connectivity index (χ0) is 12.1. The SMILES string of the molecule is CCC1CCCCCN1CC(=O)C1CCCC1. The summed E-state index contributed by atoms with van der Waals surface area (Å²) in [5.74, 6) is 0.929. The second-order valence-corrected chi connectivity index (χ2v) is 5.83. The predicted molar refractivity (Wildman–Crippen MR) is 71.1 cm³/mol. The van der Waals surface area contributed by atoms with Gasteiger partial charge in [-0.1, -0.05) is 32.6 Å². The zero-order valence-electron chi connectivity index (χ0n) is 11.3. The Morgan fingerprint density at radius 1 is 1.06 bits per heavy atom. The van der Waals surface area contributed by atoms with Gasteiger partial charge in [-0.2, -0.15) is 0 Å². The Bertz CT molecular complexity index is 245. The molecule has 0 radical (unpaired) electrons. The van der Waals surface area contributed by atoms with Crippen LogP contribution in [-0.4, -0.2) is 29.8 Å². The highest BCUT2D eigenvalue weighted by atomic mass is 16.1. The summed E-state index contributed by atoms with van der Waals surface area (Å²) in [7, 11) is 0. The van der Waals surface area contributed by atoms with Crippen molar-refractivity contribution >= 4 is 5.78 Å². The van der Waals surface area contributed by atoms with Crippen LogP contribution in [-0.2, 0) is 4.79 Å². The van der Waals surface area contributed by atoms with Crippen molar-refractivity contribution in [3.05, 3.63) is 0 Å². The molecular formula is C15H27NO. The molecule has 2 fully saturated rings. The Kier molecular flexibility index (Phi) is 5.02. The largest absolute Gasteiger partial charge is 0.298 e. The molecule has 0 aromatic heterocycles. The van der Waals surface area contributed by atoms with Crippen LogP contribution in [0.1, 0.15) is 64.7 Å². The van der Waals surface area contributed by atoms with E-state index in [1.807, 2.05) is 0 Å². The Labute approximate surface area is 106 Å². The molecule has 1 saturated carbocycles. The molecule has 1 aliphatic heterocycles. The Balaban J connectivity index is 1.87. The molecule has 98 valence electrons. The Morgan fingerprint density at radius 3 is 2.47 bits per heavy atom. The first-order chi connectivity index (χ1) is 8.31. The van der Waals surface area contributed by atoms with Gasteiger partial charge in [-0.25, -0.2) is 0 Å². The Morgan fingerprint density at radius 2 is 1.76 bits per heavy atom. The van der Waals surface area contributed by atoms with E-state index in [0.717, 1.165) is 25.9 Å². The minimum atomic E-state index is 0.399. The van der Waals surface area contributed by atoms with E-state index in [-0.39, 0.29) is 0 Å². The number of hydrogen-bond donors (Lipinski definition) is 0. The van der Waals surface area contributed by atoms with E-state index in [1.54, 1.807) is 0 Å². The average molecular weight is 237 g/mol. The van der Waals surface area contributed by atoms with Gasteiger partial charge in [0.05, 0.1) is 6.54 Å². The van der Waals surface area contributed by atoms with Crippen LogP contribution >= 0.6 is 0 Å². The van der Waals surface area contributed by atoms with Crippen molar-refractivity contribution in [3.63, 3.8) is 0 Å². The van der Waals surface area contributed by atoms with Crippen molar-refractivity contribution in [2.75, 3.05) is 13.1 Å². The van der Waals surface area contributed by atoms with Gasteiger partial charge >= 0.3 is 0 Å². The van der Waals surface area contributed by atoms with E-state index in [9.17, 15) is 4.79 Å². The van der Waals surface area contributed by atoms with E-state index >= 15 is 0 Å². The highest BCUT2D eigenvalue weighted by Gasteiger charge is 2.27. The summed E-state index contributed by atoms with van der Waals surface area (Å²) in [6.45, 7) is 4.16. The fourth-order valence-electron chi connectivity index (χ4n) is 3.48. The van der Waals surface area contributed by atoms with Crippen molar-refractivity contribution in [2.45, 2.75) is 70.8 Å². The smallest absolute Gasteiger partial charge is 0.149 e. The minimum absolute atomic E-state index is 0.399. The lowest BCUT2D eigenvalue weighted by atomic mass is 10.0. The van der Waals surface area contributed by atoms with Gasteiger partial charge in [-0.3, -0.25) is 9.69 Å². The maximum Gasteiger partial charge on any atom is 0.149 e. The second kappa shape index (κ2) is 6.53. The normalized spacial score (nSPS) is 28.2. The summed E-state index contributed by atoms with van der Waals surface area (Å²) in [5.41, 5.74) is 0. The molecule has 2 heteroatoms. The fourth-order valence-corrected chi connectivity index (χ4v) is 3.48. The molecule has 0 N–H and O–H groups in total. The van der Waals surface area contributed by atoms with Gasteiger partial charge in [0, 0.05) is 12.0 Å². The summed E-state index contributed by atoms with van der Waals surface area (Å²) < 4.78 is 0. The van der Waals surface area contributed by atoms with Crippen molar-refractivity contribution in [3.8, 4) is 0 Å². The van der Waals surface area contributed by atoms with Crippen LogP contribution < -0.4 is 0 Å². The maximum absolute atomic E-state index is 12.2. The number of carbonyl (C=O) groups is 1.